The molecule has 1 aromatic carbocycles. The van der Waals surface area contributed by atoms with E-state index in [2.05, 4.69) is 15.5 Å². The van der Waals surface area contributed by atoms with Crippen molar-refractivity contribution in [2.75, 3.05) is 5.32 Å². The lowest BCUT2D eigenvalue weighted by Crippen LogP contribution is -2.24. The summed E-state index contributed by atoms with van der Waals surface area (Å²) in [4.78, 5) is 25.7. The molecule has 0 saturated carbocycles. The number of hydrogen-bond donors (Lipinski definition) is 2. The number of nitrogens with one attached hydrogen (secondary N) is 1. The first-order chi connectivity index (χ1) is 15.3. The normalized spacial score (nSPS) is 14.6. The van der Waals surface area contributed by atoms with E-state index in [1.54, 1.807) is 13.8 Å². The maximum absolute atomic E-state index is 13.0. The highest BCUT2D eigenvalue weighted by molar-refractivity contribution is 8.00. The van der Waals surface area contributed by atoms with E-state index in [0.717, 1.165) is 41.5 Å². The van der Waals surface area contributed by atoms with Crippen LogP contribution in [0.5, 0.6) is 5.75 Å². The number of nitrogens with two attached hydrogens (primary N) is 1. The number of hydrogen-bond acceptors (Lipinski definition) is 8. The smallest absolute Gasteiger partial charge is 0.277 e. The Bertz CT molecular complexity index is 1150. The van der Waals surface area contributed by atoms with Gasteiger partial charge < -0.3 is 20.2 Å². The molecule has 0 saturated heterocycles. The number of amides is 2. The van der Waals surface area contributed by atoms with Crippen molar-refractivity contribution in [3.8, 4) is 5.75 Å². The molecule has 0 aliphatic heterocycles. The molecule has 8 nitrogen and oxygen atoms in total. The van der Waals surface area contributed by atoms with Crippen LogP contribution in [-0.2, 0) is 17.6 Å². The third-order valence-corrected chi connectivity index (χ3v) is 7.09. The summed E-state index contributed by atoms with van der Waals surface area (Å²) in [5.41, 5.74) is 6.92. The van der Waals surface area contributed by atoms with Crippen molar-refractivity contribution >= 4 is 39.9 Å². The number of carbonyl (C=O) groups excluding carboxylic acids is 2. The summed E-state index contributed by atoms with van der Waals surface area (Å²) in [5.74, 6) is -0.490. The highest BCUT2D eigenvalue weighted by atomic mass is 32.2. The van der Waals surface area contributed by atoms with Gasteiger partial charge in [-0.2, -0.15) is 0 Å². The van der Waals surface area contributed by atoms with Crippen LogP contribution in [-0.4, -0.2) is 27.3 Å². The molecule has 0 radical (unpaired) electrons. The number of thiophene rings is 1. The minimum Gasteiger partial charge on any atom is -0.481 e. The van der Waals surface area contributed by atoms with Crippen molar-refractivity contribution in [2.45, 2.75) is 49.7 Å². The third-order valence-electron chi connectivity index (χ3n) is 4.95. The van der Waals surface area contributed by atoms with Gasteiger partial charge in [-0.3, -0.25) is 9.59 Å². The van der Waals surface area contributed by atoms with E-state index in [9.17, 15) is 14.0 Å². The fourth-order valence-electron chi connectivity index (χ4n) is 3.37. The molecule has 1 aliphatic carbocycles. The maximum atomic E-state index is 13.0. The number of nitrogens with zero attached hydrogens (tertiary/aromatic N) is 2. The largest absolute Gasteiger partial charge is 0.481 e. The second-order valence-electron chi connectivity index (χ2n) is 7.30. The Morgan fingerprint density at radius 2 is 2.00 bits per heavy atom. The van der Waals surface area contributed by atoms with Gasteiger partial charge in [0.25, 0.3) is 17.0 Å². The fraction of sp³-hybridized carbons (Fsp3) is 0.333. The van der Waals surface area contributed by atoms with Gasteiger partial charge >= 0.3 is 0 Å². The van der Waals surface area contributed by atoms with Crippen molar-refractivity contribution in [2.24, 2.45) is 5.73 Å². The third kappa shape index (κ3) is 4.78. The molecule has 32 heavy (non-hydrogen) atoms. The van der Waals surface area contributed by atoms with Gasteiger partial charge in [-0.05, 0) is 62.9 Å². The summed E-state index contributed by atoms with van der Waals surface area (Å²) in [6.45, 7) is 3.43. The molecule has 0 unspecified atom stereocenters. The number of anilines is 1. The average Bonchev–Trinajstić information content (AvgIpc) is 3.45. The number of halogens is 1. The number of fused-ring (bicyclic) bond motifs is 1. The van der Waals surface area contributed by atoms with E-state index in [-0.39, 0.29) is 22.8 Å². The molecule has 0 fully saturated rings. The Hall–Kier alpha value is -2.92. The first kappa shape index (κ1) is 22.3. The lowest BCUT2D eigenvalue weighted by molar-refractivity contribution is -0.115. The fourth-order valence-corrected chi connectivity index (χ4v) is 5.36. The monoisotopic (exact) mass is 476 g/mol. The Kier molecular flexibility index (Phi) is 6.47. The zero-order valence-electron chi connectivity index (χ0n) is 17.4. The molecule has 2 heterocycles. The Labute approximate surface area is 191 Å². The topological polar surface area (TPSA) is 120 Å². The van der Waals surface area contributed by atoms with Gasteiger partial charge in [-0.15, -0.1) is 21.5 Å². The molecule has 168 valence electrons. The van der Waals surface area contributed by atoms with Crippen molar-refractivity contribution in [1.29, 1.82) is 0 Å². The van der Waals surface area contributed by atoms with Gasteiger partial charge in [0.1, 0.15) is 16.6 Å². The number of thioether (sulfide) groups is 1. The molecule has 2 aromatic heterocycles. The van der Waals surface area contributed by atoms with E-state index in [4.69, 9.17) is 14.9 Å². The summed E-state index contributed by atoms with van der Waals surface area (Å²) in [7, 11) is 0. The van der Waals surface area contributed by atoms with Gasteiger partial charge in [0, 0.05) is 4.88 Å². The van der Waals surface area contributed by atoms with E-state index < -0.39 is 17.3 Å². The Balaban J connectivity index is 1.38. The highest BCUT2D eigenvalue weighted by Crippen LogP contribution is 2.39. The van der Waals surface area contributed by atoms with Crippen LogP contribution < -0.4 is 15.8 Å². The maximum Gasteiger partial charge on any atom is 0.277 e. The lowest BCUT2D eigenvalue weighted by atomic mass is 10.1. The quantitative estimate of drug-likeness (QED) is 0.469. The SMILES string of the molecule is C[C@H](Oc1ccc(F)cc1)c1nnc(S[C@H](C)C(=O)Nc2sc3c(c2C(N)=O)CCC3)o1. The van der Waals surface area contributed by atoms with Gasteiger partial charge in [0.15, 0.2) is 6.10 Å². The van der Waals surface area contributed by atoms with Gasteiger partial charge in [-0.25, -0.2) is 4.39 Å². The number of ether oxygens (including phenoxy) is 1. The molecule has 0 spiro atoms. The molecular formula is C21H21FN4O4S2. The number of primary amides is 1. The van der Waals surface area contributed by atoms with Crippen LogP contribution in [0.25, 0.3) is 0 Å². The average molecular weight is 477 g/mol. The molecule has 3 aromatic rings. The summed E-state index contributed by atoms with van der Waals surface area (Å²) >= 11 is 2.50. The van der Waals surface area contributed by atoms with E-state index >= 15 is 0 Å². The van der Waals surface area contributed by atoms with Crippen LogP contribution >= 0.6 is 23.1 Å². The number of aryl methyl sites for hydroxylation is 1. The Morgan fingerprint density at radius 1 is 1.25 bits per heavy atom. The highest BCUT2D eigenvalue weighted by Gasteiger charge is 2.28. The van der Waals surface area contributed by atoms with Gasteiger partial charge in [0.05, 0.1) is 10.8 Å². The molecule has 4 rings (SSSR count). The zero-order chi connectivity index (χ0) is 22.8. The summed E-state index contributed by atoms with van der Waals surface area (Å²) in [5, 5.41) is 10.9. The second-order valence-corrected chi connectivity index (χ2v) is 9.69. The van der Waals surface area contributed by atoms with Crippen molar-refractivity contribution in [1.82, 2.24) is 10.2 Å². The van der Waals surface area contributed by atoms with Crippen LogP contribution in [0.15, 0.2) is 33.9 Å². The minimum absolute atomic E-state index is 0.209. The van der Waals surface area contributed by atoms with Gasteiger partial charge in [0.2, 0.25) is 5.91 Å². The number of carbonyl (C=O) groups is 2. The molecule has 2 amide bonds. The molecule has 3 N–H and O–H groups in total. The van der Waals surface area contributed by atoms with Crippen molar-refractivity contribution < 1.29 is 23.1 Å². The standard InChI is InChI=1S/C21H21FN4O4S2/c1-10(29-13-8-6-12(22)7-9-13)19-25-26-21(30-19)31-11(2)18(28)24-20-16(17(23)27)14-4-3-5-15(14)32-20/h6-11H,3-5H2,1-2H3,(H2,23,27)(H,24,28)/t10-,11+/m0/s1. The first-order valence-corrected chi connectivity index (χ1v) is 11.7. The lowest BCUT2D eigenvalue weighted by Gasteiger charge is -2.11. The van der Waals surface area contributed by atoms with Crippen LogP contribution in [0.4, 0.5) is 9.39 Å². The molecule has 1 aliphatic rings. The predicted octanol–water partition coefficient (Wildman–Crippen LogP) is 4.12. The molecule has 11 heteroatoms. The van der Waals surface area contributed by atoms with Crippen LogP contribution in [0.1, 0.15) is 53.1 Å². The molecule has 2 atom stereocenters. The van der Waals surface area contributed by atoms with Crippen LogP contribution in [0.2, 0.25) is 0 Å². The zero-order valence-corrected chi connectivity index (χ0v) is 19.0. The second kappa shape index (κ2) is 9.29. The number of rotatable bonds is 8. The molecule has 0 bridgehead atoms. The van der Waals surface area contributed by atoms with Crippen molar-refractivity contribution in [3.63, 3.8) is 0 Å². The van der Waals surface area contributed by atoms with Crippen molar-refractivity contribution in [3.05, 3.63) is 52.0 Å². The first-order valence-electron chi connectivity index (χ1n) is 9.99. The number of aromatic nitrogens is 2. The summed E-state index contributed by atoms with van der Waals surface area (Å²) in [6, 6.07) is 5.60. The van der Waals surface area contributed by atoms with Crippen LogP contribution in [0, 0.1) is 5.82 Å². The summed E-state index contributed by atoms with van der Waals surface area (Å²) in [6.07, 6.45) is 2.12. The van der Waals surface area contributed by atoms with E-state index in [0.29, 0.717) is 16.3 Å². The van der Waals surface area contributed by atoms with Gasteiger partial charge in [-0.1, -0.05) is 11.8 Å². The Morgan fingerprint density at radius 3 is 2.72 bits per heavy atom. The summed E-state index contributed by atoms with van der Waals surface area (Å²) < 4.78 is 24.3. The molecular weight excluding hydrogens is 455 g/mol. The number of benzene rings is 1. The van der Waals surface area contributed by atoms with Crippen LogP contribution in [0.3, 0.4) is 0 Å². The van der Waals surface area contributed by atoms with E-state index in [1.807, 2.05) is 0 Å². The predicted molar refractivity (Wildman–Crippen MR) is 119 cm³/mol. The van der Waals surface area contributed by atoms with E-state index in [1.165, 1.54) is 35.6 Å². The minimum atomic E-state index is -0.561.